The number of nitrogens with zero attached hydrogens (tertiary/aromatic N) is 1. The minimum absolute atomic E-state index is 0.287. The van der Waals surface area contributed by atoms with Crippen molar-refractivity contribution in [2.24, 2.45) is 5.92 Å². The van der Waals surface area contributed by atoms with Crippen LogP contribution in [0.2, 0.25) is 0 Å². The Balaban J connectivity index is 2.45. The summed E-state index contributed by atoms with van der Waals surface area (Å²) < 4.78 is 0. The SMILES string of the molecule is C/C=C/N(C)C(=O)C1CCCCC1. The second-order valence-corrected chi connectivity index (χ2v) is 3.77. The third-order valence-corrected chi connectivity index (χ3v) is 2.67. The van der Waals surface area contributed by atoms with Crippen LogP contribution in [0, 0.1) is 5.92 Å². The smallest absolute Gasteiger partial charge is 0.229 e. The van der Waals surface area contributed by atoms with E-state index in [2.05, 4.69) is 0 Å². The summed E-state index contributed by atoms with van der Waals surface area (Å²) in [6, 6.07) is 0. The van der Waals surface area contributed by atoms with Gasteiger partial charge in [0.15, 0.2) is 0 Å². The van der Waals surface area contributed by atoms with Gasteiger partial charge in [-0.15, -0.1) is 0 Å². The van der Waals surface area contributed by atoms with Gasteiger partial charge in [-0.2, -0.15) is 0 Å². The van der Waals surface area contributed by atoms with Gasteiger partial charge < -0.3 is 4.90 Å². The van der Waals surface area contributed by atoms with E-state index in [0.717, 1.165) is 12.8 Å². The van der Waals surface area contributed by atoms with Gasteiger partial charge in [-0.3, -0.25) is 4.79 Å². The highest BCUT2D eigenvalue weighted by Crippen LogP contribution is 2.24. The Morgan fingerprint density at radius 2 is 1.92 bits per heavy atom. The zero-order chi connectivity index (χ0) is 9.68. The van der Waals surface area contributed by atoms with Gasteiger partial charge in [0.05, 0.1) is 0 Å². The molecule has 0 spiro atoms. The summed E-state index contributed by atoms with van der Waals surface area (Å²) in [7, 11) is 1.84. The van der Waals surface area contributed by atoms with Crippen LogP contribution in [0.4, 0.5) is 0 Å². The molecule has 0 bridgehead atoms. The van der Waals surface area contributed by atoms with Gasteiger partial charge in [0.1, 0.15) is 0 Å². The van der Waals surface area contributed by atoms with E-state index in [1.807, 2.05) is 26.2 Å². The average molecular weight is 181 g/mol. The second kappa shape index (κ2) is 5.05. The normalized spacial score (nSPS) is 19.2. The number of amides is 1. The fourth-order valence-electron chi connectivity index (χ4n) is 1.93. The molecule has 0 heterocycles. The number of hydrogen-bond acceptors (Lipinski definition) is 1. The van der Waals surface area contributed by atoms with Crippen LogP contribution in [0.1, 0.15) is 39.0 Å². The third kappa shape index (κ3) is 2.87. The van der Waals surface area contributed by atoms with Gasteiger partial charge in [-0.1, -0.05) is 25.3 Å². The van der Waals surface area contributed by atoms with E-state index in [-0.39, 0.29) is 11.8 Å². The van der Waals surface area contributed by atoms with Gasteiger partial charge in [-0.05, 0) is 19.8 Å². The lowest BCUT2D eigenvalue weighted by Gasteiger charge is -2.24. The Morgan fingerprint density at radius 1 is 1.31 bits per heavy atom. The van der Waals surface area contributed by atoms with Gasteiger partial charge in [0.25, 0.3) is 0 Å². The second-order valence-electron chi connectivity index (χ2n) is 3.77. The molecule has 1 amide bonds. The van der Waals surface area contributed by atoms with Crippen molar-refractivity contribution in [3.63, 3.8) is 0 Å². The Kier molecular flexibility index (Phi) is 4.00. The minimum Gasteiger partial charge on any atom is -0.322 e. The number of hydrogen-bond donors (Lipinski definition) is 0. The van der Waals surface area contributed by atoms with Crippen LogP contribution in [0.5, 0.6) is 0 Å². The highest BCUT2D eigenvalue weighted by molar-refractivity contribution is 5.79. The van der Waals surface area contributed by atoms with E-state index in [0.29, 0.717) is 0 Å². The van der Waals surface area contributed by atoms with Crippen molar-refractivity contribution in [3.8, 4) is 0 Å². The standard InChI is InChI=1S/C11H19NO/c1-3-9-12(2)11(13)10-7-5-4-6-8-10/h3,9-10H,4-8H2,1-2H3/b9-3+. The first-order chi connectivity index (χ1) is 6.25. The number of allylic oxidation sites excluding steroid dienone is 1. The molecule has 0 atom stereocenters. The van der Waals surface area contributed by atoms with Gasteiger partial charge in [-0.25, -0.2) is 0 Å². The zero-order valence-corrected chi connectivity index (χ0v) is 8.62. The molecular formula is C11H19NO. The monoisotopic (exact) mass is 181 g/mol. The molecule has 0 unspecified atom stereocenters. The summed E-state index contributed by atoms with van der Waals surface area (Å²) in [4.78, 5) is 13.5. The average Bonchev–Trinajstić information content (AvgIpc) is 2.18. The Bertz CT molecular complexity index is 192. The third-order valence-electron chi connectivity index (χ3n) is 2.67. The van der Waals surface area contributed by atoms with Crippen LogP contribution in [-0.4, -0.2) is 17.9 Å². The van der Waals surface area contributed by atoms with Crippen LogP contribution in [-0.2, 0) is 4.79 Å². The fourth-order valence-corrected chi connectivity index (χ4v) is 1.93. The molecular weight excluding hydrogens is 162 g/mol. The van der Waals surface area contributed by atoms with E-state index in [1.165, 1.54) is 19.3 Å². The van der Waals surface area contributed by atoms with Crippen molar-refractivity contribution in [2.45, 2.75) is 39.0 Å². The van der Waals surface area contributed by atoms with Gasteiger partial charge in [0.2, 0.25) is 5.91 Å². The maximum atomic E-state index is 11.8. The topological polar surface area (TPSA) is 20.3 Å². The van der Waals surface area contributed by atoms with Crippen LogP contribution in [0.25, 0.3) is 0 Å². The number of carbonyl (C=O) groups excluding carboxylic acids is 1. The first-order valence-corrected chi connectivity index (χ1v) is 5.15. The molecule has 13 heavy (non-hydrogen) atoms. The van der Waals surface area contributed by atoms with Crippen LogP contribution < -0.4 is 0 Å². The molecule has 0 aromatic rings. The number of rotatable bonds is 2. The molecule has 0 radical (unpaired) electrons. The molecule has 2 nitrogen and oxygen atoms in total. The highest BCUT2D eigenvalue weighted by atomic mass is 16.2. The van der Waals surface area contributed by atoms with Crippen molar-refractivity contribution in [2.75, 3.05) is 7.05 Å². The molecule has 74 valence electrons. The van der Waals surface area contributed by atoms with E-state index in [4.69, 9.17) is 0 Å². The summed E-state index contributed by atoms with van der Waals surface area (Å²) >= 11 is 0. The van der Waals surface area contributed by atoms with Crippen LogP contribution in [0.15, 0.2) is 12.3 Å². The van der Waals surface area contributed by atoms with Gasteiger partial charge in [0, 0.05) is 19.2 Å². The molecule has 1 rings (SSSR count). The summed E-state index contributed by atoms with van der Waals surface area (Å²) in [5.41, 5.74) is 0. The van der Waals surface area contributed by atoms with E-state index in [9.17, 15) is 4.79 Å². The maximum Gasteiger partial charge on any atom is 0.229 e. The molecule has 0 aliphatic heterocycles. The Morgan fingerprint density at radius 3 is 2.46 bits per heavy atom. The van der Waals surface area contributed by atoms with Crippen molar-refractivity contribution in [3.05, 3.63) is 12.3 Å². The fraction of sp³-hybridized carbons (Fsp3) is 0.727. The molecule has 0 aromatic carbocycles. The highest BCUT2D eigenvalue weighted by Gasteiger charge is 2.22. The predicted molar refractivity (Wildman–Crippen MR) is 54.2 cm³/mol. The Hall–Kier alpha value is -0.790. The summed E-state index contributed by atoms with van der Waals surface area (Å²) in [5, 5.41) is 0. The molecule has 2 heteroatoms. The first-order valence-electron chi connectivity index (χ1n) is 5.15. The summed E-state index contributed by atoms with van der Waals surface area (Å²) in [6.07, 6.45) is 9.66. The lowest BCUT2D eigenvalue weighted by molar-refractivity contribution is -0.132. The maximum absolute atomic E-state index is 11.8. The van der Waals surface area contributed by atoms with Crippen molar-refractivity contribution in [1.82, 2.24) is 4.90 Å². The largest absolute Gasteiger partial charge is 0.322 e. The summed E-state index contributed by atoms with van der Waals surface area (Å²) in [6.45, 7) is 1.94. The lowest BCUT2D eigenvalue weighted by Crippen LogP contribution is -2.30. The minimum atomic E-state index is 0.287. The molecule has 1 aliphatic rings. The van der Waals surface area contributed by atoms with Crippen LogP contribution in [0.3, 0.4) is 0 Å². The molecule has 0 N–H and O–H groups in total. The predicted octanol–water partition coefficient (Wildman–Crippen LogP) is 2.56. The number of carbonyl (C=O) groups is 1. The van der Waals surface area contributed by atoms with Crippen molar-refractivity contribution in [1.29, 1.82) is 0 Å². The first kappa shape index (κ1) is 10.3. The molecule has 1 fully saturated rings. The van der Waals surface area contributed by atoms with Crippen molar-refractivity contribution >= 4 is 5.91 Å². The molecule has 0 saturated heterocycles. The quantitative estimate of drug-likeness (QED) is 0.641. The van der Waals surface area contributed by atoms with E-state index in [1.54, 1.807) is 4.90 Å². The zero-order valence-electron chi connectivity index (χ0n) is 8.62. The van der Waals surface area contributed by atoms with E-state index < -0.39 is 0 Å². The van der Waals surface area contributed by atoms with Crippen LogP contribution >= 0.6 is 0 Å². The molecule has 1 saturated carbocycles. The molecule has 0 aromatic heterocycles. The summed E-state index contributed by atoms with van der Waals surface area (Å²) in [5.74, 6) is 0.577. The van der Waals surface area contributed by atoms with Crippen molar-refractivity contribution < 1.29 is 4.79 Å². The molecule has 1 aliphatic carbocycles. The van der Waals surface area contributed by atoms with E-state index >= 15 is 0 Å². The lowest BCUT2D eigenvalue weighted by atomic mass is 9.88. The van der Waals surface area contributed by atoms with Gasteiger partial charge >= 0.3 is 0 Å². The Labute approximate surface area is 80.6 Å².